The number of nitrogens with one attached hydrogen (secondary N) is 1. The van der Waals surface area contributed by atoms with Crippen molar-refractivity contribution in [1.82, 2.24) is 9.03 Å². The molecule has 0 radical (unpaired) electrons. The molecule has 0 saturated carbocycles. The number of rotatable bonds is 2. The van der Waals surface area contributed by atoms with Crippen molar-refractivity contribution in [1.29, 1.82) is 0 Å². The van der Waals surface area contributed by atoms with Crippen LogP contribution in [-0.2, 0) is 24.8 Å². The molecule has 1 heterocycles. The molecule has 22 heavy (non-hydrogen) atoms. The Kier molecular flexibility index (Phi) is 7.08. The second-order valence-electron chi connectivity index (χ2n) is 3.90. The molecule has 0 aromatic carbocycles. The summed E-state index contributed by atoms with van der Waals surface area (Å²) in [7, 11) is -11.1. The zero-order valence-corrected chi connectivity index (χ0v) is 12.5. The molecular formula is C7H12F6N2O5S2. The van der Waals surface area contributed by atoms with Crippen molar-refractivity contribution < 1.29 is 47.9 Å². The Morgan fingerprint density at radius 2 is 1.18 bits per heavy atom. The average Bonchev–Trinajstić information content (AvgIpc) is 2.26. The van der Waals surface area contributed by atoms with Crippen LogP contribution in [0.15, 0.2) is 0 Å². The molecule has 0 aliphatic carbocycles. The molecule has 0 spiro atoms. The molecule has 15 heteroatoms. The number of nitrogens with zero attached hydrogens (tertiary/aromatic N) is 1. The van der Waals surface area contributed by atoms with Crippen molar-refractivity contribution in [2.45, 2.75) is 11.0 Å². The molecule has 7 nitrogen and oxygen atoms in total. The predicted octanol–water partition coefficient (Wildman–Crippen LogP) is 0.224. The lowest BCUT2D eigenvalue weighted by Gasteiger charge is -2.21. The van der Waals surface area contributed by atoms with Crippen molar-refractivity contribution >= 4 is 20.0 Å². The van der Waals surface area contributed by atoms with E-state index in [2.05, 4.69) is 11.9 Å². The van der Waals surface area contributed by atoms with Gasteiger partial charge in [-0.15, -0.1) is 0 Å². The van der Waals surface area contributed by atoms with Gasteiger partial charge in [0.25, 0.3) is 0 Å². The molecular weight excluding hydrogens is 370 g/mol. The molecule has 1 aliphatic heterocycles. The first-order valence-corrected chi connectivity index (χ1v) is 8.24. The monoisotopic (exact) mass is 382 g/mol. The number of morpholine rings is 1. The van der Waals surface area contributed by atoms with Gasteiger partial charge < -0.3 is 9.64 Å². The zero-order valence-electron chi connectivity index (χ0n) is 10.9. The first-order chi connectivity index (χ1) is 9.60. The molecule has 0 aromatic heterocycles. The summed E-state index contributed by atoms with van der Waals surface area (Å²) in [5, 5.41) is 0. The molecule has 1 N–H and O–H groups in total. The van der Waals surface area contributed by atoms with Crippen LogP contribution in [0.25, 0.3) is 0 Å². The number of sulfonamides is 2. The van der Waals surface area contributed by atoms with Crippen molar-refractivity contribution in [3.63, 3.8) is 0 Å². The molecule has 0 bridgehead atoms. The van der Waals surface area contributed by atoms with E-state index < -0.39 is 35.2 Å². The number of ether oxygens (including phenoxy) is 1. The first-order valence-electron chi connectivity index (χ1n) is 5.27. The summed E-state index contributed by atoms with van der Waals surface area (Å²) in [6.07, 6.45) is 0. The fraction of sp³-hybridized carbons (Fsp3) is 1.00. The van der Waals surface area contributed by atoms with Crippen LogP contribution >= 0.6 is 0 Å². The van der Waals surface area contributed by atoms with Crippen LogP contribution in [0.1, 0.15) is 0 Å². The minimum absolute atomic E-state index is 0.493. The second kappa shape index (κ2) is 7.29. The minimum Gasteiger partial charge on any atom is -0.379 e. The van der Waals surface area contributed by atoms with Crippen molar-refractivity contribution in [3.8, 4) is 0 Å². The first kappa shape index (κ1) is 21.4. The highest BCUT2D eigenvalue weighted by atomic mass is 32.3. The highest BCUT2D eigenvalue weighted by molar-refractivity contribution is 8.05. The van der Waals surface area contributed by atoms with E-state index >= 15 is 0 Å². The van der Waals surface area contributed by atoms with Gasteiger partial charge in [0.2, 0.25) is 0 Å². The SMILES string of the molecule is CN1CCOCC1.O=S(=O)(NS(=O)(=O)C(F)(F)F)C(F)(F)F. The highest BCUT2D eigenvalue weighted by Gasteiger charge is 2.55. The Morgan fingerprint density at radius 1 is 0.864 bits per heavy atom. The van der Waals surface area contributed by atoms with Gasteiger partial charge in [0.15, 0.2) is 0 Å². The standard InChI is InChI=1S/C5H11NO.C2HF6NO4S2/c1-6-2-4-7-5-3-6;3-1(4,5)14(10,11)9-15(12,13)2(6,7)8/h2-5H2,1H3;9H. The Morgan fingerprint density at radius 3 is 1.36 bits per heavy atom. The maximum absolute atomic E-state index is 11.5. The highest BCUT2D eigenvalue weighted by Crippen LogP contribution is 2.27. The van der Waals surface area contributed by atoms with Crippen LogP contribution in [0.2, 0.25) is 0 Å². The molecule has 0 atom stereocenters. The van der Waals surface area contributed by atoms with Crippen molar-refractivity contribution in [3.05, 3.63) is 0 Å². The smallest absolute Gasteiger partial charge is 0.379 e. The molecule has 1 saturated heterocycles. The van der Waals surface area contributed by atoms with Gasteiger partial charge in [-0.3, -0.25) is 0 Å². The van der Waals surface area contributed by atoms with Gasteiger partial charge in [-0.1, -0.05) is 4.13 Å². The third kappa shape index (κ3) is 6.64. The molecule has 1 rings (SSSR count). The van der Waals surface area contributed by atoms with E-state index in [0.29, 0.717) is 0 Å². The molecule has 134 valence electrons. The summed E-state index contributed by atoms with van der Waals surface area (Å²) >= 11 is 0. The fourth-order valence-electron chi connectivity index (χ4n) is 0.894. The van der Waals surface area contributed by atoms with Gasteiger partial charge >= 0.3 is 31.1 Å². The number of hydrogen-bond acceptors (Lipinski definition) is 6. The summed E-state index contributed by atoms with van der Waals surface area (Å²) < 4.78 is 113. The molecule has 0 amide bonds. The zero-order chi connectivity index (χ0) is 17.8. The maximum atomic E-state index is 11.5. The van der Waals surface area contributed by atoms with Crippen LogP contribution in [0, 0.1) is 0 Å². The summed E-state index contributed by atoms with van der Waals surface area (Å²) in [5.41, 5.74) is -12.3. The van der Waals surface area contributed by atoms with Gasteiger partial charge in [-0.2, -0.15) is 26.3 Å². The van der Waals surface area contributed by atoms with Gasteiger partial charge in [-0.05, 0) is 7.05 Å². The van der Waals surface area contributed by atoms with Crippen LogP contribution in [0.4, 0.5) is 26.3 Å². The van der Waals surface area contributed by atoms with Crippen LogP contribution in [0.3, 0.4) is 0 Å². The lowest BCUT2D eigenvalue weighted by atomic mass is 10.5. The Hall–Kier alpha value is -0.640. The molecule has 0 aromatic rings. The average molecular weight is 382 g/mol. The summed E-state index contributed by atoms with van der Waals surface area (Å²) in [6.45, 7) is 4.02. The van der Waals surface area contributed by atoms with Crippen LogP contribution < -0.4 is 4.13 Å². The van der Waals surface area contributed by atoms with Crippen molar-refractivity contribution in [2.24, 2.45) is 0 Å². The van der Waals surface area contributed by atoms with Gasteiger partial charge in [0, 0.05) is 13.1 Å². The van der Waals surface area contributed by atoms with E-state index in [1.54, 1.807) is 0 Å². The van der Waals surface area contributed by atoms with Gasteiger partial charge in [0.1, 0.15) is 0 Å². The lowest BCUT2D eigenvalue weighted by molar-refractivity contribution is -0.0476. The Labute approximate surface area is 122 Å². The fourth-order valence-corrected chi connectivity index (χ4v) is 2.80. The van der Waals surface area contributed by atoms with Crippen LogP contribution in [0.5, 0.6) is 0 Å². The van der Waals surface area contributed by atoms with Gasteiger partial charge in [0.05, 0.1) is 13.2 Å². The summed E-state index contributed by atoms with van der Waals surface area (Å²) in [4.78, 5) is 2.27. The second-order valence-corrected chi connectivity index (χ2v) is 7.50. The quantitative estimate of drug-likeness (QED) is 0.687. The maximum Gasteiger partial charge on any atom is 0.512 e. The van der Waals surface area contributed by atoms with E-state index in [1.165, 1.54) is 0 Å². The minimum atomic E-state index is -6.60. The van der Waals surface area contributed by atoms with Crippen molar-refractivity contribution in [2.75, 3.05) is 33.4 Å². The van der Waals surface area contributed by atoms with E-state index in [-0.39, 0.29) is 0 Å². The topological polar surface area (TPSA) is 92.8 Å². The van der Waals surface area contributed by atoms with Gasteiger partial charge in [-0.25, -0.2) is 16.8 Å². The van der Waals surface area contributed by atoms with E-state index in [9.17, 15) is 43.2 Å². The Balaban J connectivity index is 0.000000518. The number of likely N-dealkylation sites (N-methyl/N-ethyl adjacent to an activating group) is 1. The Bertz CT molecular complexity index is 507. The third-order valence-electron chi connectivity index (χ3n) is 2.06. The summed E-state index contributed by atoms with van der Waals surface area (Å²) in [6, 6.07) is 0. The number of halogens is 6. The molecule has 1 aliphatic rings. The number of alkyl halides is 6. The predicted molar refractivity (Wildman–Crippen MR) is 61.4 cm³/mol. The lowest BCUT2D eigenvalue weighted by Crippen LogP contribution is -2.45. The van der Waals surface area contributed by atoms with E-state index in [1.807, 2.05) is 0 Å². The molecule has 1 fully saturated rings. The summed E-state index contributed by atoms with van der Waals surface area (Å²) in [5.74, 6) is 0. The normalized spacial score (nSPS) is 18.5. The number of hydrogen-bond donors (Lipinski definition) is 1. The third-order valence-corrected chi connectivity index (χ3v) is 5.04. The van der Waals surface area contributed by atoms with Crippen LogP contribution in [-0.4, -0.2) is 66.1 Å². The van der Waals surface area contributed by atoms with E-state index in [0.717, 1.165) is 26.3 Å². The van der Waals surface area contributed by atoms with E-state index in [4.69, 9.17) is 4.74 Å². The molecule has 0 unspecified atom stereocenters. The largest absolute Gasteiger partial charge is 0.512 e.